The lowest BCUT2D eigenvalue weighted by Gasteiger charge is -2.35. The van der Waals surface area contributed by atoms with Gasteiger partial charge < -0.3 is 19.9 Å². The van der Waals surface area contributed by atoms with Gasteiger partial charge in [0.2, 0.25) is 0 Å². The Hall–Kier alpha value is -1.49. The highest BCUT2D eigenvalue weighted by Gasteiger charge is 2.25. The van der Waals surface area contributed by atoms with E-state index in [-0.39, 0.29) is 18.7 Å². The molecule has 2 N–H and O–H groups in total. The molecule has 1 fully saturated rings. The Morgan fingerprint density at radius 3 is 3.05 bits per heavy atom. The lowest BCUT2D eigenvalue weighted by atomic mass is 10.0. The Labute approximate surface area is 114 Å². The summed E-state index contributed by atoms with van der Waals surface area (Å²) in [6.07, 6.45) is 7.85. The fraction of sp³-hybridized carbons (Fsp3) is 0.643. The van der Waals surface area contributed by atoms with E-state index in [0.29, 0.717) is 13.0 Å². The number of carbonyl (C=O) groups is 1. The van der Waals surface area contributed by atoms with Crippen molar-refractivity contribution in [3.05, 3.63) is 24.0 Å². The van der Waals surface area contributed by atoms with E-state index < -0.39 is 0 Å². The van der Waals surface area contributed by atoms with Gasteiger partial charge in [-0.05, 0) is 37.3 Å². The molecule has 1 aliphatic rings. The van der Waals surface area contributed by atoms with Crippen LogP contribution >= 0.6 is 0 Å². The largest absolute Gasteiger partial charge is 0.396 e. The summed E-state index contributed by atoms with van der Waals surface area (Å²) in [5, 5.41) is 12.0. The lowest BCUT2D eigenvalue weighted by molar-refractivity contribution is 0.131. The molecule has 2 amide bonds. The van der Waals surface area contributed by atoms with Gasteiger partial charge in [0.05, 0.1) is 0 Å². The molecular weight excluding hydrogens is 242 g/mol. The van der Waals surface area contributed by atoms with Gasteiger partial charge in [0, 0.05) is 45.2 Å². The lowest BCUT2D eigenvalue weighted by Crippen LogP contribution is -2.48. The fourth-order valence-electron chi connectivity index (χ4n) is 2.66. The molecule has 1 aliphatic heterocycles. The van der Waals surface area contributed by atoms with Crippen LogP contribution in [-0.2, 0) is 13.6 Å². The summed E-state index contributed by atoms with van der Waals surface area (Å²) in [4.78, 5) is 14.1. The van der Waals surface area contributed by atoms with Gasteiger partial charge in [-0.1, -0.05) is 0 Å². The minimum Gasteiger partial charge on any atom is -0.396 e. The number of hydrogen-bond acceptors (Lipinski definition) is 2. The maximum atomic E-state index is 12.2. The summed E-state index contributed by atoms with van der Waals surface area (Å²) >= 11 is 0. The van der Waals surface area contributed by atoms with Gasteiger partial charge in [-0.25, -0.2) is 4.79 Å². The van der Waals surface area contributed by atoms with Gasteiger partial charge in [-0.3, -0.25) is 0 Å². The smallest absolute Gasteiger partial charge is 0.317 e. The quantitative estimate of drug-likeness (QED) is 0.866. The van der Waals surface area contributed by atoms with Crippen molar-refractivity contribution in [2.24, 2.45) is 7.05 Å². The summed E-state index contributed by atoms with van der Waals surface area (Å²) in [6.45, 7) is 1.50. The minimum absolute atomic E-state index is 0.0120. The molecule has 0 spiro atoms. The molecule has 5 nitrogen and oxygen atoms in total. The number of amides is 2. The second-order valence-corrected chi connectivity index (χ2v) is 5.20. The number of nitrogens with zero attached hydrogens (tertiary/aromatic N) is 2. The van der Waals surface area contributed by atoms with E-state index in [1.54, 1.807) is 0 Å². The number of carbonyl (C=O) groups excluding carboxylic acids is 1. The highest BCUT2D eigenvalue weighted by atomic mass is 16.3. The Kier molecular flexibility index (Phi) is 4.85. The molecule has 0 radical (unpaired) electrons. The van der Waals surface area contributed by atoms with E-state index in [9.17, 15) is 4.79 Å². The SMILES string of the molecule is Cn1ccc(CNC(=O)N2CCCCC2CCO)c1. The number of aliphatic hydroxyl groups excluding tert-OH is 1. The third kappa shape index (κ3) is 3.73. The molecule has 1 unspecified atom stereocenters. The highest BCUT2D eigenvalue weighted by Crippen LogP contribution is 2.19. The summed E-state index contributed by atoms with van der Waals surface area (Å²) in [5.74, 6) is 0. The third-order valence-corrected chi connectivity index (χ3v) is 3.69. The molecular formula is C14H23N3O2. The predicted octanol–water partition coefficient (Wildman–Crippen LogP) is 1.47. The molecule has 1 aromatic rings. The summed E-state index contributed by atoms with van der Waals surface area (Å²) < 4.78 is 1.97. The number of hydrogen-bond donors (Lipinski definition) is 2. The van der Waals surface area contributed by atoms with Crippen LogP contribution < -0.4 is 5.32 Å². The van der Waals surface area contributed by atoms with E-state index in [1.165, 1.54) is 0 Å². The molecule has 0 saturated carbocycles. The molecule has 0 aliphatic carbocycles. The number of urea groups is 1. The summed E-state index contributed by atoms with van der Waals surface area (Å²) in [6, 6.07) is 2.18. The zero-order valence-corrected chi connectivity index (χ0v) is 11.5. The third-order valence-electron chi connectivity index (χ3n) is 3.69. The Morgan fingerprint density at radius 1 is 1.53 bits per heavy atom. The van der Waals surface area contributed by atoms with Crippen LogP contribution in [0, 0.1) is 0 Å². The molecule has 106 valence electrons. The second kappa shape index (κ2) is 6.61. The first-order chi connectivity index (χ1) is 9.20. The first-order valence-corrected chi connectivity index (χ1v) is 6.97. The minimum atomic E-state index is -0.0120. The maximum absolute atomic E-state index is 12.2. The van der Waals surface area contributed by atoms with Crippen LogP contribution in [0.15, 0.2) is 18.5 Å². The normalized spacial score (nSPS) is 19.5. The molecule has 2 heterocycles. The molecule has 1 atom stereocenters. The number of rotatable bonds is 4. The van der Waals surface area contributed by atoms with Gasteiger partial charge in [0.1, 0.15) is 0 Å². The van der Waals surface area contributed by atoms with Crippen molar-refractivity contribution in [1.82, 2.24) is 14.8 Å². The zero-order valence-electron chi connectivity index (χ0n) is 11.5. The number of aromatic nitrogens is 1. The number of aliphatic hydroxyl groups is 1. The van der Waals surface area contributed by atoms with Crippen molar-refractivity contribution < 1.29 is 9.90 Å². The molecule has 1 aromatic heterocycles. The van der Waals surface area contributed by atoms with E-state index >= 15 is 0 Å². The number of piperidine rings is 1. The van der Waals surface area contributed by atoms with Gasteiger partial charge in [-0.2, -0.15) is 0 Å². The van der Waals surface area contributed by atoms with Crippen molar-refractivity contribution in [2.45, 2.75) is 38.3 Å². The van der Waals surface area contributed by atoms with E-state index in [1.807, 2.05) is 35.0 Å². The van der Waals surface area contributed by atoms with Gasteiger partial charge in [0.25, 0.3) is 0 Å². The van der Waals surface area contributed by atoms with Crippen molar-refractivity contribution >= 4 is 6.03 Å². The maximum Gasteiger partial charge on any atom is 0.317 e. The predicted molar refractivity (Wildman–Crippen MR) is 73.7 cm³/mol. The second-order valence-electron chi connectivity index (χ2n) is 5.20. The molecule has 0 bridgehead atoms. The van der Waals surface area contributed by atoms with Crippen LogP contribution in [0.4, 0.5) is 4.79 Å². The molecule has 1 saturated heterocycles. The Bertz CT molecular complexity index is 415. The summed E-state index contributed by atoms with van der Waals surface area (Å²) in [7, 11) is 1.97. The Balaban J connectivity index is 1.86. The van der Waals surface area contributed by atoms with Crippen LogP contribution in [-0.4, -0.2) is 39.8 Å². The average Bonchev–Trinajstić information content (AvgIpc) is 2.83. The topological polar surface area (TPSA) is 57.5 Å². The highest BCUT2D eigenvalue weighted by molar-refractivity contribution is 5.74. The van der Waals surface area contributed by atoms with Crippen LogP contribution in [0.2, 0.25) is 0 Å². The number of aryl methyl sites for hydroxylation is 1. The van der Waals surface area contributed by atoms with Gasteiger partial charge >= 0.3 is 6.03 Å². The van der Waals surface area contributed by atoms with Crippen molar-refractivity contribution in [1.29, 1.82) is 0 Å². The molecule has 0 aromatic carbocycles. The number of nitrogens with one attached hydrogen (secondary N) is 1. The first-order valence-electron chi connectivity index (χ1n) is 6.97. The molecule has 19 heavy (non-hydrogen) atoms. The van der Waals surface area contributed by atoms with Crippen LogP contribution in [0.1, 0.15) is 31.2 Å². The van der Waals surface area contributed by atoms with Crippen LogP contribution in [0.3, 0.4) is 0 Å². The van der Waals surface area contributed by atoms with Crippen LogP contribution in [0.25, 0.3) is 0 Å². The monoisotopic (exact) mass is 265 g/mol. The Morgan fingerprint density at radius 2 is 2.37 bits per heavy atom. The zero-order chi connectivity index (χ0) is 13.7. The molecule has 2 rings (SSSR count). The van der Waals surface area contributed by atoms with Crippen molar-refractivity contribution in [3.8, 4) is 0 Å². The first kappa shape index (κ1) is 13.9. The van der Waals surface area contributed by atoms with Crippen molar-refractivity contribution in [3.63, 3.8) is 0 Å². The van der Waals surface area contributed by atoms with E-state index in [4.69, 9.17) is 5.11 Å². The van der Waals surface area contributed by atoms with Crippen LogP contribution in [0.5, 0.6) is 0 Å². The average molecular weight is 265 g/mol. The van der Waals surface area contributed by atoms with Crippen molar-refractivity contribution in [2.75, 3.05) is 13.2 Å². The van der Waals surface area contributed by atoms with E-state index in [0.717, 1.165) is 31.4 Å². The standard InChI is InChI=1S/C14H23N3O2/c1-16-8-5-12(11-16)10-15-14(19)17-7-3-2-4-13(17)6-9-18/h5,8,11,13,18H,2-4,6-7,9-10H2,1H3,(H,15,19). The van der Waals surface area contributed by atoms with Gasteiger partial charge in [-0.15, -0.1) is 0 Å². The summed E-state index contributed by atoms with van der Waals surface area (Å²) in [5.41, 5.74) is 1.10. The fourth-order valence-corrected chi connectivity index (χ4v) is 2.66. The van der Waals surface area contributed by atoms with Gasteiger partial charge in [0.15, 0.2) is 0 Å². The molecule has 5 heteroatoms. The number of likely N-dealkylation sites (tertiary alicyclic amines) is 1. The van der Waals surface area contributed by atoms with E-state index in [2.05, 4.69) is 5.32 Å².